The molecule has 0 aromatic heterocycles. The summed E-state index contributed by atoms with van der Waals surface area (Å²) in [6.07, 6.45) is 17.6. The van der Waals surface area contributed by atoms with Crippen LogP contribution in [-0.2, 0) is 0 Å². The maximum absolute atomic E-state index is 4.35. The average molecular weight is 385 g/mol. The summed E-state index contributed by atoms with van der Waals surface area (Å²) in [6, 6.07) is 0. The van der Waals surface area contributed by atoms with E-state index in [1.54, 1.807) is 32.1 Å². The van der Waals surface area contributed by atoms with Gasteiger partial charge < -0.3 is 0 Å². The van der Waals surface area contributed by atoms with E-state index >= 15 is 0 Å². The molecule has 9 atom stereocenters. The van der Waals surface area contributed by atoms with Crippen LogP contribution in [0.5, 0.6) is 0 Å². The van der Waals surface area contributed by atoms with E-state index in [4.69, 9.17) is 0 Å². The predicted octanol–water partition coefficient (Wildman–Crippen LogP) is 8.66. The average Bonchev–Trinajstić information content (AvgIpc) is 3.03. The Hall–Kier alpha value is -0.260. The molecule has 0 aliphatic heterocycles. The summed E-state index contributed by atoms with van der Waals surface area (Å²) >= 11 is 0. The highest BCUT2D eigenvalue weighted by Gasteiger charge is 2.57. The molecule has 4 aliphatic rings. The van der Waals surface area contributed by atoms with Gasteiger partial charge in [0.2, 0.25) is 0 Å². The van der Waals surface area contributed by atoms with E-state index in [9.17, 15) is 0 Å². The number of rotatable bonds is 5. The third-order valence-electron chi connectivity index (χ3n) is 10.9. The standard InChI is InChI=1S/C28H48/c1-7-19(3)17-27(5)15-13-22-21(18-27)9-10-24-23(22)14-16-28(6)25(20(4)8-2)11-12-26(24)28/h20-26H,3,7-18H2,1-2,4-6H3/t20-,21+,22?,23+,24+,25?,26-,27?,28?/m0/s1. The van der Waals surface area contributed by atoms with Gasteiger partial charge in [-0.25, -0.2) is 0 Å². The number of fused-ring (bicyclic) bond motifs is 5. The van der Waals surface area contributed by atoms with Gasteiger partial charge in [-0.15, -0.1) is 0 Å². The Morgan fingerprint density at radius 3 is 2.39 bits per heavy atom. The first kappa shape index (κ1) is 21.0. The lowest BCUT2D eigenvalue weighted by Gasteiger charge is -2.58. The second-order valence-corrected chi connectivity index (χ2v) is 12.4. The lowest BCUT2D eigenvalue weighted by molar-refractivity contribution is -0.0827. The zero-order chi connectivity index (χ0) is 20.1. The molecule has 4 rings (SSSR count). The van der Waals surface area contributed by atoms with Gasteiger partial charge >= 0.3 is 0 Å². The summed E-state index contributed by atoms with van der Waals surface area (Å²) in [5.74, 6) is 7.24. The topological polar surface area (TPSA) is 0 Å². The zero-order valence-electron chi connectivity index (χ0n) is 19.7. The van der Waals surface area contributed by atoms with E-state index in [1.165, 1.54) is 50.5 Å². The molecule has 0 spiro atoms. The van der Waals surface area contributed by atoms with Gasteiger partial charge in [-0.05, 0) is 123 Å². The molecule has 0 heteroatoms. The predicted molar refractivity (Wildman–Crippen MR) is 122 cm³/mol. The second-order valence-electron chi connectivity index (χ2n) is 12.4. The maximum atomic E-state index is 4.35. The van der Waals surface area contributed by atoms with E-state index in [0.717, 1.165) is 41.4 Å². The fraction of sp³-hybridized carbons (Fsp3) is 0.929. The summed E-state index contributed by atoms with van der Waals surface area (Å²) in [6.45, 7) is 16.9. The molecule has 0 radical (unpaired) electrons. The Labute approximate surface area is 176 Å². The van der Waals surface area contributed by atoms with Crippen molar-refractivity contribution < 1.29 is 0 Å². The van der Waals surface area contributed by atoms with Gasteiger partial charge in [0, 0.05) is 0 Å². The number of allylic oxidation sites excluding steroid dienone is 1. The molecule has 0 aromatic rings. The fourth-order valence-electron chi connectivity index (χ4n) is 9.34. The van der Waals surface area contributed by atoms with Crippen molar-refractivity contribution in [2.45, 2.75) is 112 Å². The third kappa shape index (κ3) is 3.43. The number of hydrogen-bond acceptors (Lipinski definition) is 0. The van der Waals surface area contributed by atoms with Crippen molar-refractivity contribution in [2.75, 3.05) is 0 Å². The summed E-state index contributed by atoms with van der Waals surface area (Å²) in [5.41, 5.74) is 2.72. The van der Waals surface area contributed by atoms with Crippen LogP contribution >= 0.6 is 0 Å². The first-order valence-corrected chi connectivity index (χ1v) is 13.0. The van der Waals surface area contributed by atoms with E-state index < -0.39 is 0 Å². The Kier molecular flexibility index (Phi) is 5.83. The van der Waals surface area contributed by atoms with Crippen molar-refractivity contribution in [3.05, 3.63) is 12.2 Å². The number of hydrogen-bond donors (Lipinski definition) is 0. The van der Waals surface area contributed by atoms with Crippen LogP contribution in [0.3, 0.4) is 0 Å². The molecular weight excluding hydrogens is 336 g/mol. The van der Waals surface area contributed by atoms with Crippen LogP contribution in [-0.4, -0.2) is 0 Å². The van der Waals surface area contributed by atoms with Gasteiger partial charge in [0.1, 0.15) is 0 Å². The SMILES string of the molecule is C=C(CC)CC1(C)CCC2[C@H](CC[C@@H]3[C@@H]2CCC2(C)C([C@@H](C)CC)CC[C@@H]32)C1. The highest BCUT2D eigenvalue weighted by Crippen LogP contribution is 2.66. The Morgan fingerprint density at radius 1 is 0.929 bits per heavy atom. The molecule has 4 unspecified atom stereocenters. The zero-order valence-corrected chi connectivity index (χ0v) is 19.7. The quantitative estimate of drug-likeness (QED) is 0.416. The van der Waals surface area contributed by atoms with Gasteiger partial charge in [-0.1, -0.05) is 53.2 Å². The van der Waals surface area contributed by atoms with E-state index in [1.807, 2.05) is 0 Å². The highest BCUT2D eigenvalue weighted by molar-refractivity contribution is 5.08. The summed E-state index contributed by atoms with van der Waals surface area (Å²) in [7, 11) is 0. The van der Waals surface area contributed by atoms with Crippen LogP contribution in [0.15, 0.2) is 12.2 Å². The molecule has 160 valence electrons. The molecule has 4 aliphatic carbocycles. The van der Waals surface area contributed by atoms with E-state index in [-0.39, 0.29) is 0 Å². The maximum Gasteiger partial charge on any atom is -0.0264 e. The molecule has 0 amide bonds. The molecule has 28 heavy (non-hydrogen) atoms. The molecule has 0 saturated heterocycles. The largest absolute Gasteiger partial charge is 0.0999 e. The monoisotopic (exact) mass is 384 g/mol. The molecule has 0 aromatic carbocycles. The fourth-order valence-corrected chi connectivity index (χ4v) is 9.34. The van der Waals surface area contributed by atoms with Crippen molar-refractivity contribution >= 4 is 0 Å². The van der Waals surface area contributed by atoms with Gasteiger partial charge in [0.25, 0.3) is 0 Å². The van der Waals surface area contributed by atoms with Crippen molar-refractivity contribution in [2.24, 2.45) is 52.3 Å². The minimum absolute atomic E-state index is 0.555. The normalized spacial score (nSPS) is 49.0. The summed E-state index contributed by atoms with van der Waals surface area (Å²) < 4.78 is 0. The second kappa shape index (κ2) is 7.77. The van der Waals surface area contributed by atoms with Gasteiger partial charge in [0.15, 0.2) is 0 Å². The van der Waals surface area contributed by atoms with Crippen molar-refractivity contribution in [1.82, 2.24) is 0 Å². The lowest BCUT2D eigenvalue weighted by Crippen LogP contribution is -2.50. The van der Waals surface area contributed by atoms with Crippen molar-refractivity contribution in [3.63, 3.8) is 0 Å². The van der Waals surface area contributed by atoms with Crippen LogP contribution in [0.1, 0.15) is 112 Å². The summed E-state index contributed by atoms with van der Waals surface area (Å²) in [5, 5.41) is 0. The van der Waals surface area contributed by atoms with Crippen LogP contribution in [0, 0.1) is 52.3 Å². The molecule has 0 heterocycles. The minimum atomic E-state index is 0.555. The molecular formula is C28H48. The van der Waals surface area contributed by atoms with Crippen molar-refractivity contribution in [1.29, 1.82) is 0 Å². The lowest BCUT2D eigenvalue weighted by atomic mass is 9.47. The van der Waals surface area contributed by atoms with Gasteiger partial charge in [-0.3, -0.25) is 0 Å². The van der Waals surface area contributed by atoms with Crippen LogP contribution in [0.25, 0.3) is 0 Å². The molecule has 0 bridgehead atoms. The Bertz CT molecular complexity index is 575. The Morgan fingerprint density at radius 2 is 1.68 bits per heavy atom. The van der Waals surface area contributed by atoms with E-state index in [0.29, 0.717) is 10.8 Å². The van der Waals surface area contributed by atoms with Gasteiger partial charge in [0.05, 0.1) is 0 Å². The first-order valence-electron chi connectivity index (χ1n) is 13.0. The molecule has 4 fully saturated rings. The van der Waals surface area contributed by atoms with Crippen LogP contribution in [0.4, 0.5) is 0 Å². The molecule has 0 nitrogen and oxygen atoms in total. The van der Waals surface area contributed by atoms with Gasteiger partial charge in [-0.2, -0.15) is 0 Å². The van der Waals surface area contributed by atoms with Crippen LogP contribution < -0.4 is 0 Å². The van der Waals surface area contributed by atoms with Crippen LogP contribution in [0.2, 0.25) is 0 Å². The van der Waals surface area contributed by atoms with Crippen molar-refractivity contribution in [3.8, 4) is 0 Å². The van der Waals surface area contributed by atoms with E-state index in [2.05, 4.69) is 41.2 Å². The third-order valence-corrected chi connectivity index (χ3v) is 10.9. The molecule has 0 N–H and O–H groups in total. The highest BCUT2D eigenvalue weighted by atomic mass is 14.6. The summed E-state index contributed by atoms with van der Waals surface area (Å²) in [4.78, 5) is 0. The Balaban J connectivity index is 1.46. The first-order chi connectivity index (χ1) is 13.3. The smallest absolute Gasteiger partial charge is 0.0264 e. The minimum Gasteiger partial charge on any atom is -0.0999 e. The molecule has 4 saturated carbocycles.